The summed E-state index contributed by atoms with van der Waals surface area (Å²) in [5.41, 5.74) is 0.554. The second-order valence-corrected chi connectivity index (χ2v) is 8.62. The summed E-state index contributed by atoms with van der Waals surface area (Å²) < 4.78 is 21.4. The summed E-state index contributed by atoms with van der Waals surface area (Å²) in [5, 5.41) is 10.3. The molecule has 0 atom stereocenters. The molecule has 2 aromatic carbocycles. The van der Waals surface area contributed by atoms with Crippen molar-refractivity contribution in [3.8, 4) is 17.2 Å². The summed E-state index contributed by atoms with van der Waals surface area (Å²) in [6, 6.07) is 9.96. The molecule has 0 aliphatic carbocycles. The Morgan fingerprint density at radius 3 is 2.00 bits per heavy atom. The maximum atomic E-state index is 13.1. The zero-order valence-electron chi connectivity index (χ0n) is 20.8. The quantitative estimate of drug-likeness (QED) is 0.373. The van der Waals surface area contributed by atoms with Gasteiger partial charge in [0.05, 0.1) is 27.0 Å². The van der Waals surface area contributed by atoms with Gasteiger partial charge in [-0.05, 0) is 39.8 Å². The third-order valence-electron chi connectivity index (χ3n) is 4.96. The molecule has 0 saturated heterocycles. The molecule has 3 rings (SSSR count). The van der Waals surface area contributed by atoms with E-state index in [0.717, 1.165) is 0 Å². The fourth-order valence-corrected chi connectivity index (χ4v) is 3.50. The highest BCUT2D eigenvalue weighted by Gasteiger charge is 2.32. The Labute approximate surface area is 203 Å². The van der Waals surface area contributed by atoms with Gasteiger partial charge in [-0.2, -0.15) is 4.99 Å². The van der Waals surface area contributed by atoms with Crippen LogP contribution >= 0.6 is 0 Å². The molecule has 2 aromatic rings. The number of amides is 1. The number of rotatable bonds is 6. The molecule has 1 heterocycles. The van der Waals surface area contributed by atoms with Gasteiger partial charge in [0.1, 0.15) is 16.9 Å². The van der Waals surface area contributed by atoms with Gasteiger partial charge >= 0.3 is 5.97 Å². The Morgan fingerprint density at radius 2 is 1.51 bits per heavy atom. The van der Waals surface area contributed by atoms with E-state index in [9.17, 15) is 14.7 Å². The number of fused-ring (bicyclic) bond motifs is 1. The van der Waals surface area contributed by atoms with Crippen LogP contribution in [0.1, 0.15) is 49.2 Å². The van der Waals surface area contributed by atoms with Crippen LogP contribution in [-0.2, 0) is 9.53 Å². The van der Waals surface area contributed by atoms with E-state index in [1.807, 2.05) is 0 Å². The number of benzene rings is 2. The van der Waals surface area contributed by atoms with Crippen molar-refractivity contribution in [1.29, 1.82) is 0 Å². The first-order chi connectivity index (χ1) is 16.5. The lowest BCUT2D eigenvalue weighted by Crippen LogP contribution is -2.28. The van der Waals surface area contributed by atoms with Crippen molar-refractivity contribution >= 4 is 23.4 Å². The second-order valence-electron chi connectivity index (χ2n) is 8.62. The highest BCUT2D eigenvalue weighted by Crippen LogP contribution is 2.38. The normalized spacial score (nSPS) is 14.6. The SMILES string of the molecule is COc1cc(C(=O)N=C2N=C(/C(C(=O)OC(C)(C)C)=C(\C)O)c3ccccc32)cc(OC)c1OC. The van der Waals surface area contributed by atoms with Gasteiger partial charge in [-0.3, -0.25) is 4.79 Å². The van der Waals surface area contributed by atoms with Gasteiger partial charge in [0.25, 0.3) is 5.91 Å². The van der Waals surface area contributed by atoms with Crippen LogP contribution in [0.5, 0.6) is 17.2 Å². The van der Waals surface area contributed by atoms with Crippen LogP contribution in [0.25, 0.3) is 0 Å². The summed E-state index contributed by atoms with van der Waals surface area (Å²) in [6.45, 7) is 6.55. The first-order valence-corrected chi connectivity index (χ1v) is 10.8. The lowest BCUT2D eigenvalue weighted by atomic mass is 9.99. The van der Waals surface area contributed by atoms with Crippen molar-refractivity contribution in [3.63, 3.8) is 0 Å². The van der Waals surface area contributed by atoms with Crippen molar-refractivity contribution in [2.45, 2.75) is 33.3 Å². The van der Waals surface area contributed by atoms with E-state index in [1.165, 1.54) is 40.4 Å². The lowest BCUT2D eigenvalue weighted by molar-refractivity contribution is -0.149. The van der Waals surface area contributed by atoms with Crippen LogP contribution < -0.4 is 14.2 Å². The molecule has 1 N–H and O–H groups in total. The molecule has 184 valence electrons. The number of aliphatic hydroxyl groups is 1. The average Bonchev–Trinajstić information content (AvgIpc) is 3.14. The van der Waals surface area contributed by atoms with Crippen LogP contribution in [0.15, 0.2) is 57.7 Å². The van der Waals surface area contributed by atoms with Gasteiger partial charge in [0.2, 0.25) is 5.75 Å². The first kappa shape index (κ1) is 25.5. The summed E-state index contributed by atoms with van der Waals surface area (Å²) in [7, 11) is 4.36. The fraction of sp³-hybridized carbons (Fsp3) is 0.308. The van der Waals surface area contributed by atoms with Gasteiger partial charge in [0, 0.05) is 16.7 Å². The zero-order chi connectivity index (χ0) is 25.9. The highest BCUT2D eigenvalue weighted by molar-refractivity contribution is 6.36. The summed E-state index contributed by atoms with van der Waals surface area (Å²) in [5.74, 6) is -0.557. The number of nitrogens with zero attached hydrogens (tertiary/aromatic N) is 2. The highest BCUT2D eigenvalue weighted by atomic mass is 16.6. The number of amidine groups is 1. The van der Waals surface area contributed by atoms with E-state index in [-0.39, 0.29) is 28.4 Å². The van der Waals surface area contributed by atoms with E-state index in [4.69, 9.17) is 18.9 Å². The van der Waals surface area contributed by atoms with Crippen LogP contribution in [0, 0.1) is 0 Å². The Hall–Kier alpha value is -4.14. The smallest absolute Gasteiger partial charge is 0.344 e. The van der Waals surface area contributed by atoms with Crippen LogP contribution in [0.4, 0.5) is 0 Å². The predicted octanol–water partition coefficient (Wildman–Crippen LogP) is 4.28. The summed E-state index contributed by atoms with van der Waals surface area (Å²) >= 11 is 0. The van der Waals surface area contributed by atoms with E-state index < -0.39 is 17.5 Å². The number of methoxy groups -OCH3 is 3. The molecule has 9 nitrogen and oxygen atoms in total. The zero-order valence-corrected chi connectivity index (χ0v) is 20.8. The Kier molecular flexibility index (Phi) is 7.28. The minimum absolute atomic E-state index is 0.0941. The third-order valence-corrected chi connectivity index (χ3v) is 4.96. The van der Waals surface area contributed by atoms with Gasteiger partial charge < -0.3 is 24.1 Å². The molecule has 0 saturated carbocycles. The van der Waals surface area contributed by atoms with Crippen molar-refractivity contribution in [2.24, 2.45) is 9.98 Å². The molecule has 9 heteroatoms. The number of ether oxygens (including phenoxy) is 4. The largest absolute Gasteiger partial charge is 0.512 e. The standard InChI is InChI=1S/C26H28N2O7/c1-14(29)20(25(31)35-26(2,3)4)21-16-10-8-9-11-17(16)23(27-21)28-24(30)15-12-18(32-5)22(34-7)19(13-15)33-6/h8-13,29H,1-7H3/b20-14-,28-23?. The van der Waals surface area contributed by atoms with Crippen molar-refractivity contribution in [3.05, 3.63) is 64.4 Å². The molecule has 0 radical (unpaired) electrons. The number of hydrogen-bond acceptors (Lipinski definition) is 7. The first-order valence-electron chi connectivity index (χ1n) is 10.8. The summed E-state index contributed by atoms with van der Waals surface area (Å²) in [4.78, 5) is 34.7. The van der Waals surface area contributed by atoms with Gasteiger partial charge in [-0.1, -0.05) is 24.3 Å². The van der Waals surface area contributed by atoms with Crippen molar-refractivity contribution < 1.29 is 33.6 Å². The van der Waals surface area contributed by atoms with Crippen molar-refractivity contribution in [1.82, 2.24) is 0 Å². The fourth-order valence-electron chi connectivity index (χ4n) is 3.50. The molecule has 0 spiro atoms. The van der Waals surface area contributed by atoms with Gasteiger partial charge in [0.15, 0.2) is 17.3 Å². The Balaban J connectivity index is 2.11. The number of aliphatic imine (C=N–C) groups is 2. The minimum Gasteiger partial charge on any atom is -0.512 e. The number of carbonyl (C=O) groups is 2. The number of allylic oxidation sites excluding steroid dienone is 1. The van der Waals surface area contributed by atoms with E-state index in [1.54, 1.807) is 45.0 Å². The number of aliphatic hydroxyl groups excluding tert-OH is 1. The molecular weight excluding hydrogens is 452 g/mol. The maximum Gasteiger partial charge on any atom is 0.344 e. The predicted molar refractivity (Wildman–Crippen MR) is 131 cm³/mol. The van der Waals surface area contributed by atoms with Crippen LogP contribution in [0.3, 0.4) is 0 Å². The Bertz CT molecular complexity index is 1240. The van der Waals surface area contributed by atoms with Gasteiger partial charge in [-0.15, -0.1) is 0 Å². The lowest BCUT2D eigenvalue weighted by Gasteiger charge is -2.21. The number of hydrogen-bond donors (Lipinski definition) is 1. The van der Waals surface area contributed by atoms with Gasteiger partial charge in [-0.25, -0.2) is 9.79 Å². The topological polar surface area (TPSA) is 116 Å². The minimum atomic E-state index is -0.782. The Morgan fingerprint density at radius 1 is 0.943 bits per heavy atom. The average molecular weight is 481 g/mol. The molecule has 0 bridgehead atoms. The molecule has 1 aliphatic rings. The molecular formula is C26H28N2O7. The number of esters is 1. The van der Waals surface area contributed by atoms with Crippen LogP contribution in [0.2, 0.25) is 0 Å². The second kappa shape index (κ2) is 10.0. The molecule has 1 amide bonds. The van der Waals surface area contributed by atoms with Crippen LogP contribution in [-0.4, -0.2) is 55.5 Å². The maximum absolute atomic E-state index is 13.1. The third kappa shape index (κ3) is 5.34. The van der Waals surface area contributed by atoms with E-state index >= 15 is 0 Å². The number of carbonyl (C=O) groups excluding carboxylic acids is 2. The van der Waals surface area contributed by atoms with E-state index in [2.05, 4.69) is 9.98 Å². The van der Waals surface area contributed by atoms with Crippen molar-refractivity contribution in [2.75, 3.05) is 21.3 Å². The summed E-state index contributed by atoms with van der Waals surface area (Å²) in [6.07, 6.45) is 0. The molecule has 1 aliphatic heterocycles. The molecule has 0 unspecified atom stereocenters. The molecule has 0 aromatic heterocycles. The molecule has 35 heavy (non-hydrogen) atoms. The monoisotopic (exact) mass is 480 g/mol. The van der Waals surface area contributed by atoms with E-state index in [0.29, 0.717) is 28.4 Å². The molecule has 0 fully saturated rings.